The zero-order valence-electron chi connectivity index (χ0n) is 19.3. The van der Waals surface area contributed by atoms with Crippen LogP contribution in [0.15, 0.2) is 68.1 Å². The largest absolute Gasteiger partial charge is 0.483 e. The van der Waals surface area contributed by atoms with Gasteiger partial charge in [0.05, 0.1) is 18.1 Å². The molecule has 182 valence electrons. The average Bonchev–Trinajstić information content (AvgIpc) is 2.80. The number of ether oxygens (including phenoxy) is 3. The van der Waals surface area contributed by atoms with Crippen LogP contribution in [0.4, 0.5) is 5.69 Å². The first-order valence-electron chi connectivity index (χ1n) is 10.6. The number of nitriles is 1. The van der Waals surface area contributed by atoms with E-state index in [4.69, 9.17) is 19.9 Å². The minimum Gasteiger partial charge on any atom is -0.483 e. The molecule has 0 saturated heterocycles. The molecular formula is C25H23Br2N3O5. The van der Waals surface area contributed by atoms with Gasteiger partial charge >= 0.3 is 5.97 Å². The number of hydrogen-bond acceptors (Lipinski definition) is 7. The second-order valence-electron chi connectivity index (χ2n) is 7.60. The Balaban J connectivity index is 1.94. The summed E-state index contributed by atoms with van der Waals surface area (Å²) in [5.41, 5.74) is 8.22. The number of allylic oxidation sites excluding steroid dienone is 2. The van der Waals surface area contributed by atoms with Gasteiger partial charge in [0, 0.05) is 20.2 Å². The minimum atomic E-state index is -0.905. The maximum atomic E-state index is 12.8. The predicted octanol–water partition coefficient (Wildman–Crippen LogP) is 5.18. The lowest BCUT2D eigenvalue weighted by Gasteiger charge is -2.28. The molecule has 8 nitrogen and oxygen atoms in total. The number of anilines is 1. The molecular weight excluding hydrogens is 582 g/mol. The van der Waals surface area contributed by atoms with Gasteiger partial charge in [0.1, 0.15) is 23.2 Å². The fraction of sp³-hybridized carbons (Fsp3) is 0.240. The van der Waals surface area contributed by atoms with Crippen LogP contribution in [0.3, 0.4) is 0 Å². The van der Waals surface area contributed by atoms with Crippen molar-refractivity contribution in [2.24, 2.45) is 5.73 Å². The van der Waals surface area contributed by atoms with Crippen LogP contribution < -0.4 is 15.8 Å². The number of carbonyl (C=O) groups is 2. The Bertz CT molecular complexity index is 1280. The fourth-order valence-electron chi connectivity index (χ4n) is 3.61. The summed E-state index contributed by atoms with van der Waals surface area (Å²) in [6.45, 7) is 5.01. The van der Waals surface area contributed by atoms with Gasteiger partial charge in [0.25, 0.3) is 5.91 Å². The molecule has 1 aliphatic rings. The first kappa shape index (κ1) is 26.3. The van der Waals surface area contributed by atoms with Crippen molar-refractivity contribution in [3.05, 3.63) is 79.3 Å². The molecule has 1 atom stereocenters. The number of nitrogens with zero attached hydrogens (tertiary/aromatic N) is 1. The number of aryl methyl sites for hydroxylation is 1. The van der Waals surface area contributed by atoms with E-state index in [2.05, 4.69) is 37.2 Å². The summed E-state index contributed by atoms with van der Waals surface area (Å²) in [4.78, 5) is 25.4. The highest BCUT2D eigenvalue weighted by molar-refractivity contribution is 9.10. The molecule has 2 aromatic carbocycles. The van der Waals surface area contributed by atoms with Gasteiger partial charge in [-0.05, 0) is 62.7 Å². The van der Waals surface area contributed by atoms with E-state index in [0.29, 0.717) is 21.5 Å². The van der Waals surface area contributed by atoms with Crippen LogP contribution in [0.1, 0.15) is 30.9 Å². The lowest BCUT2D eigenvalue weighted by molar-refractivity contribution is -0.139. The van der Waals surface area contributed by atoms with Gasteiger partial charge in [-0.1, -0.05) is 31.9 Å². The molecule has 0 aromatic heterocycles. The number of amides is 1. The van der Waals surface area contributed by atoms with Crippen LogP contribution in [-0.2, 0) is 19.1 Å². The molecule has 0 aliphatic carbocycles. The SMILES string of the molecule is CCOC(=O)C1=C(C)OC(N)=C(C#N)C1c1cc(Br)ccc1OCC(=O)Nc1ccc(Br)c(C)c1. The van der Waals surface area contributed by atoms with Crippen LogP contribution in [0.25, 0.3) is 0 Å². The molecule has 0 saturated carbocycles. The molecule has 0 bridgehead atoms. The van der Waals surface area contributed by atoms with E-state index in [0.717, 1.165) is 10.0 Å². The molecule has 0 fully saturated rings. The highest BCUT2D eigenvalue weighted by Gasteiger charge is 2.38. The second-order valence-corrected chi connectivity index (χ2v) is 9.37. The van der Waals surface area contributed by atoms with Gasteiger partial charge in [-0.25, -0.2) is 4.79 Å². The van der Waals surface area contributed by atoms with Crippen LogP contribution >= 0.6 is 31.9 Å². The summed E-state index contributed by atoms with van der Waals surface area (Å²) < 4.78 is 18.1. The third kappa shape index (κ3) is 6.05. The number of rotatable bonds is 7. The number of esters is 1. The Morgan fingerprint density at radius 1 is 1.20 bits per heavy atom. The molecule has 1 aliphatic heterocycles. The van der Waals surface area contributed by atoms with E-state index in [9.17, 15) is 14.9 Å². The Kier molecular flexibility index (Phi) is 8.59. The van der Waals surface area contributed by atoms with Crippen molar-refractivity contribution < 1.29 is 23.8 Å². The molecule has 2 aromatic rings. The number of nitrogens with two attached hydrogens (primary N) is 1. The summed E-state index contributed by atoms with van der Waals surface area (Å²) >= 11 is 6.86. The standard InChI is InChI=1S/C25H23Br2N3O5/c1-4-33-25(32)22-14(3)35-24(29)18(11-28)23(22)17-10-15(26)5-8-20(17)34-12-21(31)30-16-6-7-19(27)13(2)9-16/h5-10,23H,4,12,29H2,1-3H3,(H,30,31). The molecule has 0 radical (unpaired) electrons. The fourth-order valence-corrected chi connectivity index (χ4v) is 4.23. The number of halogens is 2. The molecule has 1 heterocycles. The summed E-state index contributed by atoms with van der Waals surface area (Å²) in [5, 5.41) is 12.6. The van der Waals surface area contributed by atoms with E-state index in [-0.39, 0.29) is 41.9 Å². The van der Waals surface area contributed by atoms with E-state index in [1.165, 1.54) is 0 Å². The molecule has 35 heavy (non-hydrogen) atoms. The van der Waals surface area contributed by atoms with Crippen molar-refractivity contribution >= 4 is 49.4 Å². The molecule has 1 unspecified atom stereocenters. The second kappa shape index (κ2) is 11.4. The zero-order chi connectivity index (χ0) is 25.7. The van der Waals surface area contributed by atoms with Gasteiger partial charge < -0.3 is 25.3 Å². The predicted molar refractivity (Wildman–Crippen MR) is 137 cm³/mol. The summed E-state index contributed by atoms with van der Waals surface area (Å²) in [5.74, 6) is -1.50. The van der Waals surface area contributed by atoms with Crippen LogP contribution in [-0.4, -0.2) is 25.1 Å². The van der Waals surface area contributed by atoms with Crippen LogP contribution in [0, 0.1) is 18.3 Å². The van der Waals surface area contributed by atoms with Crippen LogP contribution in [0.2, 0.25) is 0 Å². The number of nitrogens with one attached hydrogen (secondary N) is 1. The van der Waals surface area contributed by atoms with E-state index in [1.807, 2.05) is 25.1 Å². The lowest BCUT2D eigenvalue weighted by atomic mass is 9.82. The quantitative estimate of drug-likeness (QED) is 0.417. The Labute approximate surface area is 220 Å². The smallest absolute Gasteiger partial charge is 0.338 e. The summed E-state index contributed by atoms with van der Waals surface area (Å²) in [7, 11) is 0. The lowest BCUT2D eigenvalue weighted by Crippen LogP contribution is -2.26. The van der Waals surface area contributed by atoms with Crippen molar-refractivity contribution in [1.82, 2.24) is 0 Å². The third-order valence-electron chi connectivity index (χ3n) is 5.18. The Hall–Kier alpha value is -3.29. The van der Waals surface area contributed by atoms with E-state index in [1.54, 1.807) is 38.1 Å². The van der Waals surface area contributed by atoms with Gasteiger partial charge in [-0.3, -0.25) is 4.79 Å². The maximum Gasteiger partial charge on any atom is 0.338 e. The molecule has 0 spiro atoms. The first-order chi connectivity index (χ1) is 16.7. The topological polar surface area (TPSA) is 124 Å². The zero-order valence-corrected chi connectivity index (χ0v) is 22.4. The normalized spacial score (nSPS) is 15.3. The molecule has 10 heteroatoms. The molecule has 1 amide bonds. The van der Waals surface area contributed by atoms with E-state index >= 15 is 0 Å². The summed E-state index contributed by atoms with van der Waals surface area (Å²) in [6, 6.07) is 12.6. The summed E-state index contributed by atoms with van der Waals surface area (Å²) in [6.07, 6.45) is 0. The van der Waals surface area contributed by atoms with Gasteiger partial charge in [0.2, 0.25) is 5.88 Å². The van der Waals surface area contributed by atoms with Crippen LogP contribution in [0.5, 0.6) is 5.75 Å². The van der Waals surface area contributed by atoms with E-state index < -0.39 is 11.9 Å². The number of hydrogen-bond donors (Lipinski definition) is 2. The highest BCUT2D eigenvalue weighted by Crippen LogP contribution is 2.43. The molecule has 3 N–H and O–H groups in total. The maximum absolute atomic E-state index is 12.8. The third-order valence-corrected chi connectivity index (χ3v) is 6.57. The Morgan fingerprint density at radius 3 is 2.60 bits per heavy atom. The number of benzene rings is 2. The van der Waals surface area contributed by atoms with Crippen molar-refractivity contribution in [3.8, 4) is 11.8 Å². The van der Waals surface area contributed by atoms with Gasteiger partial charge in [-0.15, -0.1) is 0 Å². The minimum absolute atomic E-state index is 0.0383. The monoisotopic (exact) mass is 603 g/mol. The number of carbonyl (C=O) groups excluding carboxylic acids is 2. The average molecular weight is 605 g/mol. The molecule has 3 rings (SSSR count). The van der Waals surface area contributed by atoms with Crippen molar-refractivity contribution in [2.75, 3.05) is 18.5 Å². The van der Waals surface area contributed by atoms with Crippen molar-refractivity contribution in [2.45, 2.75) is 26.7 Å². The van der Waals surface area contributed by atoms with Crippen molar-refractivity contribution in [1.29, 1.82) is 5.26 Å². The Morgan fingerprint density at radius 2 is 1.94 bits per heavy atom. The van der Waals surface area contributed by atoms with Gasteiger partial charge in [0.15, 0.2) is 6.61 Å². The van der Waals surface area contributed by atoms with Crippen molar-refractivity contribution in [3.63, 3.8) is 0 Å². The highest BCUT2D eigenvalue weighted by atomic mass is 79.9. The van der Waals surface area contributed by atoms with Gasteiger partial charge in [-0.2, -0.15) is 5.26 Å². The first-order valence-corrected chi connectivity index (χ1v) is 12.2.